The van der Waals surface area contributed by atoms with Crippen LogP contribution in [0.25, 0.3) is 0 Å². The zero-order valence-electron chi connectivity index (χ0n) is 22.7. The lowest BCUT2D eigenvalue weighted by atomic mass is 9.48. The SMILES string of the molecule is CS(=O)(=O)O.O=S1(=O)c2ccccc2S(=O)(=O)N1[C@@H]1CCC2(O)[C@H]3Cc4ccc(O)c5c4[C@@]2(CCN3CC2CC2)[C@H]1O5. The molecule has 1 spiro atoms. The van der Waals surface area contributed by atoms with Gasteiger partial charge in [-0.3, -0.25) is 9.45 Å². The molecule has 3 aliphatic carbocycles. The molecule has 3 aliphatic heterocycles. The first-order chi connectivity index (χ1) is 19.6. The first-order valence-electron chi connectivity index (χ1n) is 13.9. The van der Waals surface area contributed by atoms with Crippen molar-refractivity contribution in [3.8, 4) is 11.5 Å². The third kappa shape index (κ3) is 3.80. The van der Waals surface area contributed by atoms with Gasteiger partial charge in [-0.25, -0.2) is 16.8 Å². The first-order valence-corrected chi connectivity index (χ1v) is 18.6. The van der Waals surface area contributed by atoms with Gasteiger partial charge < -0.3 is 14.9 Å². The Morgan fingerprint density at radius 2 is 1.62 bits per heavy atom. The Morgan fingerprint density at radius 1 is 1.00 bits per heavy atom. The average Bonchev–Trinajstić information content (AvgIpc) is 3.61. The Kier molecular flexibility index (Phi) is 6.04. The number of rotatable bonds is 3. The Morgan fingerprint density at radius 3 is 2.21 bits per heavy atom. The number of piperidine rings is 1. The molecular weight excluding hydrogens is 609 g/mol. The van der Waals surface area contributed by atoms with Crippen LogP contribution in [0.5, 0.6) is 11.5 Å². The molecule has 6 aliphatic rings. The number of sulfonamides is 2. The van der Waals surface area contributed by atoms with E-state index in [1.165, 1.54) is 37.1 Å². The normalized spacial score (nSPS) is 35.4. The monoisotopic (exact) mass is 640 g/mol. The van der Waals surface area contributed by atoms with Crippen molar-refractivity contribution in [2.45, 2.75) is 77.5 Å². The van der Waals surface area contributed by atoms with Crippen molar-refractivity contribution in [1.82, 2.24) is 8.61 Å². The Bertz CT molecular complexity index is 1760. The van der Waals surface area contributed by atoms with Gasteiger partial charge in [0.25, 0.3) is 30.2 Å². The fraction of sp³-hybridized carbons (Fsp3) is 0.556. The highest BCUT2D eigenvalue weighted by molar-refractivity contribution is 8.06. The van der Waals surface area contributed by atoms with Crippen molar-refractivity contribution < 1.29 is 44.8 Å². The maximum atomic E-state index is 13.7. The van der Waals surface area contributed by atoms with Gasteiger partial charge in [-0.2, -0.15) is 8.42 Å². The van der Waals surface area contributed by atoms with Crippen molar-refractivity contribution in [3.05, 3.63) is 47.5 Å². The summed E-state index contributed by atoms with van der Waals surface area (Å²) in [7, 11) is -12.4. The molecule has 2 saturated carbocycles. The zero-order chi connectivity index (χ0) is 30.0. The number of aromatic hydroxyl groups is 1. The topological polar surface area (TPSA) is 179 Å². The number of benzene rings is 2. The van der Waals surface area contributed by atoms with Crippen molar-refractivity contribution >= 4 is 30.2 Å². The van der Waals surface area contributed by atoms with Crippen LogP contribution in [-0.2, 0) is 42.0 Å². The molecular formula is C27H32N2O10S3. The lowest BCUT2D eigenvalue weighted by Gasteiger charge is -2.64. The number of hydrogen-bond donors (Lipinski definition) is 3. The van der Waals surface area contributed by atoms with E-state index >= 15 is 0 Å². The van der Waals surface area contributed by atoms with Gasteiger partial charge in [0.2, 0.25) is 0 Å². The van der Waals surface area contributed by atoms with E-state index in [0.717, 1.165) is 17.7 Å². The number of fused-ring (bicyclic) bond motifs is 1. The highest BCUT2D eigenvalue weighted by Crippen LogP contribution is 2.66. The van der Waals surface area contributed by atoms with Crippen LogP contribution in [-0.4, -0.2) is 91.8 Å². The molecule has 3 N–H and O–H groups in total. The van der Waals surface area contributed by atoms with E-state index in [4.69, 9.17) is 9.29 Å². The third-order valence-corrected chi connectivity index (χ3v) is 14.5. The zero-order valence-corrected chi connectivity index (χ0v) is 25.2. The molecule has 8 rings (SSSR count). The number of aliphatic hydroxyl groups is 1. The number of nitrogens with zero attached hydrogens (tertiary/aromatic N) is 2. The minimum absolute atomic E-state index is 0.0714. The van der Waals surface area contributed by atoms with Crippen LogP contribution >= 0.6 is 0 Å². The van der Waals surface area contributed by atoms with Gasteiger partial charge in [0, 0.05) is 18.2 Å². The van der Waals surface area contributed by atoms with E-state index in [1.807, 2.05) is 6.07 Å². The summed E-state index contributed by atoms with van der Waals surface area (Å²) in [5, 5.41) is 23.4. The molecule has 1 unspecified atom stereocenters. The standard InChI is InChI=1S/C26H28N2O7S2.CH4O3S/c29-18-8-7-16-13-21-26(30)10-9-17(28-36(31,32)19-3-1-2-4-20(19)37(28,33)34)24-25(26,22(16)23(18)35-24)11-12-27(21)14-15-5-6-15;1-5(2,3)4/h1-4,7-8,15,17,21,24,29-30H,5-6,9-14H2;1H3,(H,2,3,4)/t17-,21-,24+,25+,26?;/m1./s1. The summed E-state index contributed by atoms with van der Waals surface area (Å²) in [6, 6.07) is 7.90. The third-order valence-electron chi connectivity index (χ3n) is 9.88. The van der Waals surface area contributed by atoms with Crippen molar-refractivity contribution in [2.75, 3.05) is 19.3 Å². The summed E-state index contributed by atoms with van der Waals surface area (Å²) in [6.45, 7) is 1.62. The molecule has 5 atom stereocenters. The van der Waals surface area contributed by atoms with Crippen molar-refractivity contribution in [3.63, 3.8) is 0 Å². The van der Waals surface area contributed by atoms with Crippen LogP contribution in [0.2, 0.25) is 0 Å². The molecule has 0 amide bonds. The highest BCUT2D eigenvalue weighted by atomic mass is 32.3. The molecule has 0 radical (unpaired) electrons. The number of likely N-dealkylation sites (tertiary alicyclic amines) is 1. The van der Waals surface area contributed by atoms with Crippen LogP contribution in [0.15, 0.2) is 46.2 Å². The second-order valence-corrected chi connectivity index (χ2v) is 17.6. The number of phenols is 1. The average molecular weight is 641 g/mol. The molecule has 15 heteroatoms. The maximum absolute atomic E-state index is 13.7. The summed E-state index contributed by atoms with van der Waals surface area (Å²) in [4.78, 5) is 1.93. The first kappa shape index (κ1) is 28.5. The van der Waals surface area contributed by atoms with E-state index < -0.39 is 53.3 Å². The van der Waals surface area contributed by atoms with Gasteiger partial charge in [0.15, 0.2) is 11.5 Å². The van der Waals surface area contributed by atoms with Crippen molar-refractivity contribution in [2.24, 2.45) is 5.92 Å². The molecule has 3 fully saturated rings. The molecule has 0 aromatic heterocycles. The smallest absolute Gasteiger partial charge is 0.261 e. The van der Waals surface area contributed by atoms with E-state index in [-0.39, 0.29) is 40.2 Å². The Labute approximate surface area is 244 Å². The fourth-order valence-corrected chi connectivity index (χ4v) is 13.1. The molecule has 3 heterocycles. The number of hydrogen-bond acceptors (Lipinski definition) is 10. The lowest BCUT2D eigenvalue weighted by Crippen LogP contribution is -2.78. The van der Waals surface area contributed by atoms with Gasteiger partial charge in [-0.1, -0.05) is 21.9 Å². The van der Waals surface area contributed by atoms with Gasteiger partial charge in [0.1, 0.15) is 15.9 Å². The number of phenolic OH excluding ortho intramolecular Hbond substituents is 1. The lowest BCUT2D eigenvalue weighted by molar-refractivity contribution is -0.193. The summed E-state index contributed by atoms with van der Waals surface area (Å²) >= 11 is 0. The quantitative estimate of drug-likeness (QED) is 0.411. The summed E-state index contributed by atoms with van der Waals surface area (Å²) in [5.74, 6) is 0.825. The van der Waals surface area contributed by atoms with Crippen LogP contribution < -0.4 is 4.74 Å². The molecule has 2 aromatic rings. The van der Waals surface area contributed by atoms with Crippen molar-refractivity contribution in [1.29, 1.82) is 0 Å². The van der Waals surface area contributed by atoms with Crippen LogP contribution in [0.1, 0.15) is 43.2 Å². The number of ether oxygens (including phenoxy) is 1. The van der Waals surface area contributed by atoms with Crippen LogP contribution in [0.3, 0.4) is 0 Å². The van der Waals surface area contributed by atoms with E-state index in [1.54, 1.807) is 6.07 Å². The second-order valence-electron chi connectivity index (χ2n) is 12.3. The second kappa shape index (κ2) is 8.89. The Hall–Kier alpha value is -2.27. The van der Waals surface area contributed by atoms with E-state index in [9.17, 15) is 35.5 Å². The van der Waals surface area contributed by atoms with E-state index in [2.05, 4.69) is 4.90 Å². The summed E-state index contributed by atoms with van der Waals surface area (Å²) < 4.78 is 87.7. The maximum Gasteiger partial charge on any atom is 0.261 e. The minimum Gasteiger partial charge on any atom is -0.504 e. The van der Waals surface area contributed by atoms with Gasteiger partial charge in [-0.15, -0.1) is 0 Å². The molecule has 2 bridgehead atoms. The molecule has 228 valence electrons. The predicted molar refractivity (Wildman–Crippen MR) is 149 cm³/mol. The van der Waals surface area contributed by atoms with Crippen LogP contribution in [0, 0.1) is 5.92 Å². The van der Waals surface area contributed by atoms with Gasteiger partial charge >= 0.3 is 0 Å². The van der Waals surface area contributed by atoms with Crippen LogP contribution in [0.4, 0.5) is 0 Å². The molecule has 2 aromatic carbocycles. The van der Waals surface area contributed by atoms with Gasteiger partial charge in [0.05, 0.1) is 23.3 Å². The molecule has 42 heavy (non-hydrogen) atoms. The van der Waals surface area contributed by atoms with Gasteiger partial charge in [-0.05, 0) is 74.8 Å². The fourth-order valence-electron chi connectivity index (χ4n) is 8.23. The predicted octanol–water partition coefficient (Wildman–Crippen LogP) is 1.22. The summed E-state index contributed by atoms with van der Waals surface area (Å²) in [5.41, 5.74) is -0.532. The molecule has 12 nitrogen and oxygen atoms in total. The largest absolute Gasteiger partial charge is 0.504 e. The Balaban J connectivity index is 0.000000534. The molecule has 1 saturated heterocycles. The minimum atomic E-state index is -4.36. The highest BCUT2D eigenvalue weighted by Gasteiger charge is 2.75. The summed E-state index contributed by atoms with van der Waals surface area (Å²) in [6.07, 6.45) is 3.65. The van der Waals surface area contributed by atoms with E-state index in [0.29, 0.717) is 35.3 Å².